The minimum Gasteiger partial charge on any atom is -0.490 e. The van der Waals surface area contributed by atoms with Gasteiger partial charge in [-0.2, -0.15) is 0 Å². The third-order valence-corrected chi connectivity index (χ3v) is 3.02. The van der Waals surface area contributed by atoms with Crippen LogP contribution in [0.3, 0.4) is 0 Å². The van der Waals surface area contributed by atoms with Gasteiger partial charge < -0.3 is 14.6 Å². The van der Waals surface area contributed by atoms with Crippen molar-refractivity contribution >= 4 is 10.9 Å². The van der Waals surface area contributed by atoms with E-state index in [9.17, 15) is 5.11 Å². The Labute approximate surface area is 119 Å². The largest absolute Gasteiger partial charge is 0.490 e. The lowest BCUT2D eigenvalue weighted by molar-refractivity contribution is 0.0984. The molecule has 1 heterocycles. The fourth-order valence-electron chi connectivity index (χ4n) is 1.95. The molecule has 1 aromatic carbocycles. The van der Waals surface area contributed by atoms with Crippen molar-refractivity contribution in [3.63, 3.8) is 0 Å². The molecule has 0 unspecified atom stereocenters. The Balaban J connectivity index is 2.01. The number of fused-ring (bicyclic) bond motifs is 1. The first-order chi connectivity index (χ1) is 9.85. The molecule has 0 fully saturated rings. The van der Waals surface area contributed by atoms with Gasteiger partial charge in [0.2, 0.25) is 0 Å². The van der Waals surface area contributed by atoms with Crippen LogP contribution >= 0.6 is 0 Å². The van der Waals surface area contributed by atoms with Gasteiger partial charge in [-0.3, -0.25) is 4.98 Å². The highest BCUT2D eigenvalue weighted by atomic mass is 16.5. The van der Waals surface area contributed by atoms with Gasteiger partial charge in [0.25, 0.3) is 0 Å². The van der Waals surface area contributed by atoms with Crippen molar-refractivity contribution in [2.45, 2.75) is 26.4 Å². The van der Waals surface area contributed by atoms with Crippen LogP contribution in [-0.2, 0) is 11.3 Å². The van der Waals surface area contributed by atoms with E-state index >= 15 is 0 Å². The predicted molar refractivity (Wildman–Crippen MR) is 78.9 cm³/mol. The standard InChI is InChI=1S/C16H21NO3/c1-2-3-8-19-9-10-20-16-11-13(12-18)17-15-7-5-4-6-14(15)16/h4-7,11,18H,2-3,8-10,12H2,1H3. The van der Waals surface area contributed by atoms with Crippen molar-refractivity contribution in [2.24, 2.45) is 0 Å². The molecule has 108 valence electrons. The molecule has 0 amide bonds. The Morgan fingerprint density at radius 2 is 2.00 bits per heavy atom. The number of pyridine rings is 1. The van der Waals surface area contributed by atoms with Crippen LogP contribution in [0.25, 0.3) is 10.9 Å². The molecule has 2 aromatic rings. The first-order valence-corrected chi connectivity index (χ1v) is 7.05. The number of ether oxygens (including phenoxy) is 2. The molecule has 2 rings (SSSR count). The van der Waals surface area contributed by atoms with E-state index in [1.54, 1.807) is 6.07 Å². The van der Waals surface area contributed by atoms with Crippen LogP contribution in [0.15, 0.2) is 30.3 Å². The van der Waals surface area contributed by atoms with Crippen molar-refractivity contribution in [3.05, 3.63) is 36.0 Å². The molecule has 0 saturated heterocycles. The zero-order valence-corrected chi connectivity index (χ0v) is 11.8. The number of unbranched alkanes of at least 4 members (excludes halogenated alkanes) is 1. The van der Waals surface area contributed by atoms with E-state index in [0.717, 1.165) is 36.1 Å². The van der Waals surface area contributed by atoms with E-state index in [-0.39, 0.29) is 6.61 Å². The van der Waals surface area contributed by atoms with Crippen molar-refractivity contribution in [2.75, 3.05) is 19.8 Å². The van der Waals surface area contributed by atoms with E-state index in [2.05, 4.69) is 11.9 Å². The maximum Gasteiger partial charge on any atom is 0.130 e. The van der Waals surface area contributed by atoms with Crippen LogP contribution in [0.1, 0.15) is 25.5 Å². The molecule has 0 bridgehead atoms. The lowest BCUT2D eigenvalue weighted by Crippen LogP contribution is -2.08. The minimum atomic E-state index is -0.0891. The summed E-state index contributed by atoms with van der Waals surface area (Å²) in [7, 11) is 0. The minimum absolute atomic E-state index is 0.0891. The molecule has 1 N–H and O–H groups in total. The van der Waals surface area contributed by atoms with Crippen LogP contribution < -0.4 is 4.74 Å². The van der Waals surface area contributed by atoms with E-state index in [1.807, 2.05) is 24.3 Å². The molecule has 4 heteroatoms. The Kier molecular flexibility index (Phi) is 5.77. The van der Waals surface area contributed by atoms with E-state index in [4.69, 9.17) is 9.47 Å². The second kappa shape index (κ2) is 7.82. The summed E-state index contributed by atoms with van der Waals surface area (Å²) < 4.78 is 11.2. The highest BCUT2D eigenvalue weighted by Gasteiger charge is 2.06. The molecule has 20 heavy (non-hydrogen) atoms. The Bertz CT molecular complexity index is 542. The van der Waals surface area contributed by atoms with Crippen molar-refractivity contribution in [3.8, 4) is 5.75 Å². The molecular formula is C16H21NO3. The molecule has 0 radical (unpaired) electrons. The van der Waals surface area contributed by atoms with Gasteiger partial charge >= 0.3 is 0 Å². The molecule has 0 atom stereocenters. The van der Waals surface area contributed by atoms with Crippen LogP contribution in [-0.4, -0.2) is 29.9 Å². The van der Waals surface area contributed by atoms with E-state index < -0.39 is 0 Å². The average Bonchev–Trinajstić information content (AvgIpc) is 2.50. The van der Waals surface area contributed by atoms with E-state index in [0.29, 0.717) is 18.9 Å². The van der Waals surface area contributed by atoms with Crippen LogP contribution in [0.2, 0.25) is 0 Å². The number of rotatable bonds is 8. The summed E-state index contributed by atoms with van der Waals surface area (Å²) in [5, 5.41) is 10.2. The normalized spacial score (nSPS) is 10.9. The Morgan fingerprint density at radius 3 is 2.80 bits per heavy atom. The average molecular weight is 275 g/mol. The van der Waals surface area contributed by atoms with Gasteiger partial charge in [0, 0.05) is 18.1 Å². The van der Waals surface area contributed by atoms with Crippen molar-refractivity contribution in [1.82, 2.24) is 4.98 Å². The van der Waals surface area contributed by atoms with Crippen molar-refractivity contribution in [1.29, 1.82) is 0 Å². The number of aromatic nitrogens is 1. The number of aliphatic hydroxyl groups excluding tert-OH is 1. The van der Waals surface area contributed by atoms with Gasteiger partial charge in [-0.05, 0) is 18.6 Å². The molecule has 0 aliphatic carbocycles. The second-order valence-electron chi connectivity index (χ2n) is 4.60. The van der Waals surface area contributed by atoms with Gasteiger partial charge in [-0.1, -0.05) is 25.5 Å². The lowest BCUT2D eigenvalue weighted by atomic mass is 10.2. The molecule has 0 spiro atoms. The monoisotopic (exact) mass is 275 g/mol. The van der Waals surface area contributed by atoms with Crippen LogP contribution in [0.4, 0.5) is 0 Å². The van der Waals surface area contributed by atoms with Gasteiger partial charge in [0.15, 0.2) is 0 Å². The zero-order chi connectivity index (χ0) is 14.2. The smallest absolute Gasteiger partial charge is 0.130 e. The highest BCUT2D eigenvalue weighted by Crippen LogP contribution is 2.25. The number of hydrogen-bond acceptors (Lipinski definition) is 4. The second-order valence-corrected chi connectivity index (χ2v) is 4.60. The first-order valence-electron chi connectivity index (χ1n) is 7.05. The maximum atomic E-state index is 9.25. The van der Waals surface area contributed by atoms with Gasteiger partial charge in [-0.25, -0.2) is 0 Å². The third kappa shape index (κ3) is 3.92. The predicted octanol–water partition coefficient (Wildman–Crippen LogP) is 2.92. The molecule has 1 aromatic heterocycles. The highest BCUT2D eigenvalue weighted by molar-refractivity contribution is 5.85. The maximum absolute atomic E-state index is 9.25. The topological polar surface area (TPSA) is 51.6 Å². The third-order valence-electron chi connectivity index (χ3n) is 3.02. The summed E-state index contributed by atoms with van der Waals surface area (Å²) in [6.07, 6.45) is 2.21. The van der Waals surface area contributed by atoms with E-state index in [1.165, 1.54) is 0 Å². The number of hydrogen-bond donors (Lipinski definition) is 1. The summed E-state index contributed by atoms with van der Waals surface area (Å²) in [5.41, 5.74) is 1.45. The fraction of sp³-hybridized carbons (Fsp3) is 0.438. The summed E-state index contributed by atoms with van der Waals surface area (Å²) >= 11 is 0. The summed E-state index contributed by atoms with van der Waals surface area (Å²) in [6, 6.07) is 9.55. The number of para-hydroxylation sites is 1. The van der Waals surface area contributed by atoms with Gasteiger partial charge in [0.05, 0.1) is 24.4 Å². The first kappa shape index (κ1) is 14.8. The molecule has 0 saturated carbocycles. The fourth-order valence-corrected chi connectivity index (χ4v) is 1.95. The van der Waals surface area contributed by atoms with Gasteiger partial charge in [0.1, 0.15) is 12.4 Å². The lowest BCUT2D eigenvalue weighted by Gasteiger charge is -2.11. The molecular weight excluding hydrogens is 254 g/mol. The number of aliphatic hydroxyl groups is 1. The SMILES string of the molecule is CCCCOCCOc1cc(CO)nc2ccccc12. The zero-order valence-electron chi connectivity index (χ0n) is 11.8. The summed E-state index contributed by atoms with van der Waals surface area (Å²) in [6.45, 7) is 3.90. The number of benzene rings is 1. The Hall–Kier alpha value is -1.65. The summed E-state index contributed by atoms with van der Waals surface area (Å²) in [5.74, 6) is 0.749. The number of nitrogens with zero attached hydrogens (tertiary/aromatic N) is 1. The van der Waals surface area contributed by atoms with Gasteiger partial charge in [-0.15, -0.1) is 0 Å². The Morgan fingerprint density at radius 1 is 1.15 bits per heavy atom. The summed E-state index contributed by atoms with van der Waals surface area (Å²) in [4.78, 5) is 4.36. The molecule has 0 aliphatic heterocycles. The van der Waals surface area contributed by atoms with Crippen LogP contribution in [0, 0.1) is 0 Å². The molecule has 4 nitrogen and oxygen atoms in total. The van der Waals surface area contributed by atoms with Crippen LogP contribution in [0.5, 0.6) is 5.75 Å². The molecule has 0 aliphatic rings. The van der Waals surface area contributed by atoms with Crippen molar-refractivity contribution < 1.29 is 14.6 Å². The quantitative estimate of drug-likeness (QED) is 0.753.